The molecule has 1 aromatic carbocycles. The highest BCUT2D eigenvalue weighted by Gasteiger charge is 2.24. The molecular weight excluding hydrogens is 290 g/mol. The first-order valence-electron chi connectivity index (χ1n) is 7.17. The summed E-state index contributed by atoms with van der Waals surface area (Å²) in [7, 11) is 1.65. The van der Waals surface area contributed by atoms with Gasteiger partial charge in [-0.2, -0.15) is 0 Å². The Bertz CT molecular complexity index is 502. The van der Waals surface area contributed by atoms with E-state index in [4.69, 9.17) is 27.3 Å². The molecule has 0 atom stereocenters. The maximum atomic E-state index is 8.83. The molecule has 1 aliphatic rings. The maximum absolute atomic E-state index is 8.83. The fraction of sp³-hybridized carbons (Fsp3) is 0.533. The lowest BCUT2D eigenvalue weighted by molar-refractivity contribution is 0.211. The summed E-state index contributed by atoms with van der Waals surface area (Å²) in [4.78, 5) is 2.23. The molecule has 0 spiro atoms. The van der Waals surface area contributed by atoms with Gasteiger partial charge in [0.15, 0.2) is 5.84 Å². The van der Waals surface area contributed by atoms with Gasteiger partial charge in [0.05, 0.1) is 13.7 Å². The molecular formula is C15H22ClN3O2. The van der Waals surface area contributed by atoms with Gasteiger partial charge < -0.3 is 15.7 Å². The third-order valence-electron chi connectivity index (χ3n) is 3.95. The quantitative estimate of drug-likeness (QED) is 0.367. The molecule has 2 rings (SSSR count). The van der Waals surface area contributed by atoms with Crippen LogP contribution in [0.25, 0.3) is 0 Å². The van der Waals surface area contributed by atoms with Gasteiger partial charge in [0.1, 0.15) is 5.75 Å². The largest absolute Gasteiger partial charge is 0.496 e. The molecule has 1 aliphatic carbocycles. The predicted octanol–water partition coefficient (Wildman–Crippen LogP) is 2.84. The molecule has 5 nitrogen and oxygen atoms in total. The number of amidine groups is 1. The smallest absolute Gasteiger partial charge is 0.153 e. The Hall–Kier alpha value is -1.46. The van der Waals surface area contributed by atoms with Gasteiger partial charge in [-0.25, -0.2) is 0 Å². The molecule has 1 fully saturated rings. The Balaban J connectivity index is 2.19. The maximum Gasteiger partial charge on any atom is 0.153 e. The van der Waals surface area contributed by atoms with Gasteiger partial charge >= 0.3 is 0 Å². The lowest BCUT2D eigenvalue weighted by Gasteiger charge is -2.28. The predicted molar refractivity (Wildman–Crippen MR) is 84.1 cm³/mol. The van der Waals surface area contributed by atoms with E-state index in [0.717, 1.165) is 24.2 Å². The molecule has 0 heterocycles. The molecule has 1 saturated carbocycles. The van der Waals surface area contributed by atoms with E-state index in [9.17, 15) is 0 Å². The van der Waals surface area contributed by atoms with E-state index in [-0.39, 0.29) is 5.84 Å². The first-order chi connectivity index (χ1) is 10.1. The summed E-state index contributed by atoms with van der Waals surface area (Å²) in [5.74, 6) is 1.03. The van der Waals surface area contributed by atoms with Crippen molar-refractivity contribution in [3.05, 3.63) is 28.8 Å². The van der Waals surface area contributed by atoms with Crippen molar-refractivity contribution in [1.29, 1.82) is 0 Å². The number of oxime groups is 1. The fourth-order valence-corrected chi connectivity index (χ4v) is 3.11. The Morgan fingerprint density at radius 3 is 2.81 bits per heavy atom. The van der Waals surface area contributed by atoms with Gasteiger partial charge in [-0.05, 0) is 31.0 Å². The van der Waals surface area contributed by atoms with Crippen LogP contribution < -0.4 is 10.5 Å². The summed E-state index contributed by atoms with van der Waals surface area (Å²) in [6.07, 6.45) is 4.73. The third-order valence-corrected chi connectivity index (χ3v) is 4.19. The van der Waals surface area contributed by atoms with Crippen LogP contribution in [0.2, 0.25) is 5.02 Å². The van der Waals surface area contributed by atoms with Crippen molar-refractivity contribution in [2.24, 2.45) is 10.9 Å². The number of benzene rings is 1. The van der Waals surface area contributed by atoms with E-state index in [0.29, 0.717) is 24.2 Å². The van der Waals surface area contributed by atoms with Crippen LogP contribution in [-0.4, -0.2) is 35.6 Å². The fourth-order valence-electron chi connectivity index (χ4n) is 2.91. The molecule has 1 aromatic rings. The Kier molecular flexibility index (Phi) is 5.70. The second-order valence-corrected chi connectivity index (χ2v) is 5.83. The van der Waals surface area contributed by atoms with Crippen LogP contribution in [0.3, 0.4) is 0 Å². The first-order valence-corrected chi connectivity index (χ1v) is 7.54. The van der Waals surface area contributed by atoms with Crippen LogP contribution in [0.1, 0.15) is 31.2 Å². The minimum Gasteiger partial charge on any atom is -0.496 e. The molecule has 116 valence electrons. The second kappa shape index (κ2) is 7.52. The lowest BCUT2D eigenvalue weighted by atomic mass is 10.1. The zero-order chi connectivity index (χ0) is 15.2. The molecule has 0 bridgehead atoms. The summed E-state index contributed by atoms with van der Waals surface area (Å²) in [5, 5.41) is 12.6. The minimum atomic E-state index is 0.225. The molecule has 3 N–H and O–H groups in total. The standard InChI is InChI=1S/C15H22ClN3O2/c1-21-14-7-6-12(16)8-11(14)9-19(10-15(17)18-20)13-4-2-3-5-13/h6-8,13,20H,2-5,9-10H2,1H3,(H2,17,18). The number of methoxy groups -OCH3 is 1. The van der Waals surface area contributed by atoms with Crippen molar-refractivity contribution in [1.82, 2.24) is 4.90 Å². The Morgan fingerprint density at radius 2 is 2.19 bits per heavy atom. The molecule has 0 radical (unpaired) electrons. The van der Waals surface area contributed by atoms with E-state index in [1.807, 2.05) is 18.2 Å². The van der Waals surface area contributed by atoms with Crippen LogP contribution in [0, 0.1) is 0 Å². The van der Waals surface area contributed by atoms with E-state index in [2.05, 4.69) is 10.1 Å². The van der Waals surface area contributed by atoms with Crippen molar-refractivity contribution in [2.75, 3.05) is 13.7 Å². The van der Waals surface area contributed by atoms with Crippen LogP contribution in [0.15, 0.2) is 23.4 Å². The third kappa shape index (κ3) is 4.25. The number of hydrogen-bond donors (Lipinski definition) is 2. The SMILES string of the molecule is COc1ccc(Cl)cc1CN(CC(N)=NO)C1CCCC1. The Labute approximate surface area is 130 Å². The first kappa shape index (κ1) is 15.9. The highest BCUT2D eigenvalue weighted by Crippen LogP contribution is 2.28. The van der Waals surface area contributed by atoms with Crippen molar-refractivity contribution < 1.29 is 9.94 Å². The van der Waals surface area contributed by atoms with E-state index < -0.39 is 0 Å². The van der Waals surface area contributed by atoms with E-state index in [1.54, 1.807) is 7.11 Å². The number of rotatable bonds is 6. The van der Waals surface area contributed by atoms with Crippen molar-refractivity contribution >= 4 is 17.4 Å². The van der Waals surface area contributed by atoms with Crippen molar-refractivity contribution in [3.63, 3.8) is 0 Å². The monoisotopic (exact) mass is 311 g/mol. The van der Waals surface area contributed by atoms with E-state index >= 15 is 0 Å². The summed E-state index contributed by atoms with van der Waals surface area (Å²) < 4.78 is 5.40. The highest BCUT2D eigenvalue weighted by atomic mass is 35.5. The number of halogens is 1. The molecule has 0 unspecified atom stereocenters. The summed E-state index contributed by atoms with van der Waals surface area (Å²) >= 11 is 6.09. The minimum absolute atomic E-state index is 0.225. The van der Waals surface area contributed by atoms with Gasteiger partial charge in [0.25, 0.3) is 0 Å². The topological polar surface area (TPSA) is 71.1 Å². The van der Waals surface area contributed by atoms with Gasteiger partial charge in [-0.15, -0.1) is 0 Å². The van der Waals surface area contributed by atoms with Crippen LogP contribution in [-0.2, 0) is 6.54 Å². The number of hydrogen-bond acceptors (Lipinski definition) is 4. The average Bonchev–Trinajstić information content (AvgIpc) is 3.01. The highest BCUT2D eigenvalue weighted by molar-refractivity contribution is 6.30. The number of ether oxygens (including phenoxy) is 1. The summed E-state index contributed by atoms with van der Waals surface area (Å²) in [6.45, 7) is 1.11. The number of nitrogens with two attached hydrogens (primary N) is 1. The second-order valence-electron chi connectivity index (χ2n) is 5.39. The molecule has 6 heteroatoms. The normalized spacial score (nSPS) is 16.6. The summed E-state index contributed by atoms with van der Waals surface area (Å²) in [5.41, 5.74) is 6.71. The van der Waals surface area contributed by atoms with Crippen LogP contribution in [0.5, 0.6) is 5.75 Å². The number of nitrogens with zero attached hydrogens (tertiary/aromatic N) is 2. The molecule has 0 aliphatic heterocycles. The zero-order valence-corrected chi connectivity index (χ0v) is 13.0. The van der Waals surface area contributed by atoms with Gasteiger partial charge in [-0.3, -0.25) is 4.90 Å². The van der Waals surface area contributed by atoms with Crippen LogP contribution >= 0.6 is 11.6 Å². The molecule has 0 amide bonds. The van der Waals surface area contributed by atoms with E-state index in [1.165, 1.54) is 12.8 Å². The average molecular weight is 312 g/mol. The molecule has 0 aromatic heterocycles. The molecule has 21 heavy (non-hydrogen) atoms. The van der Waals surface area contributed by atoms with Crippen molar-refractivity contribution in [2.45, 2.75) is 38.3 Å². The molecule has 0 saturated heterocycles. The van der Waals surface area contributed by atoms with Gasteiger partial charge in [0, 0.05) is 23.2 Å². The van der Waals surface area contributed by atoms with Gasteiger partial charge in [0.2, 0.25) is 0 Å². The Morgan fingerprint density at radius 1 is 1.48 bits per heavy atom. The van der Waals surface area contributed by atoms with Gasteiger partial charge in [-0.1, -0.05) is 29.6 Å². The van der Waals surface area contributed by atoms with Crippen molar-refractivity contribution in [3.8, 4) is 5.75 Å². The summed E-state index contributed by atoms with van der Waals surface area (Å²) in [6, 6.07) is 6.05. The zero-order valence-electron chi connectivity index (χ0n) is 12.3. The lowest BCUT2D eigenvalue weighted by Crippen LogP contribution is -2.39. The van der Waals surface area contributed by atoms with Crippen LogP contribution in [0.4, 0.5) is 0 Å².